The second kappa shape index (κ2) is 13.7. The molecule has 4 heterocycles. The Morgan fingerprint density at radius 2 is 0.983 bits per heavy atom. The van der Waals surface area contributed by atoms with Crippen LogP contribution in [0.1, 0.15) is 0 Å². The largest absolute Gasteiger partial charge is 0.278 e. The van der Waals surface area contributed by atoms with Crippen molar-refractivity contribution in [3.05, 3.63) is 188 Å². The minimum Gasteiger partial charge on any atom is -0.278 e. The molecule has 0 aliphatic heterocycles. The van der Waals surface area contributed by atoms with Gasteiger partial charge in [-0.25, -0.2) is 9.97 Å². The molecule has 7 heteroatoms. The van der Waals surface area contributed by atoms with Gasteiger partial charge in [0.15, 0.2) is 11.6 Å². The molecule has 0 unspecified atom stereocenters. The predicted molar refractivity (Wildman–Crippen MR) is 247 cm³/mol. The van der Waals surface area contributed by atoms with Gasteiger partial charge in [-0.3, -0.25) is 4.57 Å². The lowest BCUT2D eigenvalue weighted by molar-refractivity contribution is 0.954. The molecule has 0 saturated carbocycles. The van der Waals surface area contributed by atoms with Gasteiger partial charge in [0.25, 0.3) is 0 Å². The molecule has 0 aliphatic rings. The van der Waals surface area contributed by atoms with E-state index in [1.165, 1.54) is 31.5 Å². The monoisotopic (exact) mass is 789 g/mol. The molecule has 276 valence electrons. The van der Waals surface area contributed by atoms with E-state index in [4.69, 9.17) is 19.9 Å². The molecule has 0 bridgehead atoms. The van der Waals surface area contributed by atoms with Gasteiger partial charge in [-0.15, -0.1) is 22.7 Å². The van der Waals surface area contributed by atoms with Crippen molar-refractivity contribution in [1.29, 1.82) is 0 Å². The van der Waals surface area contributed by atoms with Gasteiger partial charge < -0.3 is 0 Å². The Kier molecular flexibility index (Phi) is 7.82. The number of aromatic nitrogens is 5. The Bertz CT molecular complexity index is 3520. The zero-order valence-electron chi connectivity index (χ0n) is 31.5. The van der Waals surface area contributed by atoms with Crippen molar-refractivity contribution in [2.75, 3.05) is 0 Å². The lowest BCUT2D eigenvalue weighted by Gasteiger charge is -2.11. The Labute approximate surface area is 347 Å². The zero-order chi connectivity index (χ0) is 38.9. The van der Waals surface area contributed by atoms with Crippen LogP contribution in [0.3, 0.4) is 0 Å². The van der Waals surface area contributed by atoms with Crippen molar-refractivity contribution in [3.63, 3.8) is 0 Å². The van der Waals surface area contributed by atoms with Crippen molar-refractivity contribution in [2.45, 2.75) is 0 Å². The van der Waals surface area contributed by atoms with Crippen LogP contribution < -0.4 is 0 Å². The van der Waals surface area contributed by atoms with E-state index < -0.39 is 0 Å². The second-order valence-electron chi connectivity index (χ2n) is 14.6. The first kappa shape index (κ1) is 33.8. The predicted octanol–water partition coefficient (Wildman–Crippen LogP) is 14.3. The van der Waals surface area contributed by atoms with Crippen LogP contribution in [0, 0.1) is 0 Å². The second-order valence-corrected chi connectivity index (χ2v) is 16.7. The normalized spacial score (nSPS) is 11.7. The van der Waals surface area contributed by atoms with Gasteiger partial charge in [-0.2, -0.15) is 9.97 Å². The quantitative estimate of drug-likeness (QED) is 0.168. The number of hydrogen-bond donors (Lipinski definition) is 0. The average Bonchev–Trinajstić information content (AvgIpc) is 4.01. The van der Waals surface area contributed by atoms with Crippen LogP contribution in [0.4, 0.5) is 0 Å². The van der Waals surface area contributed by atoms with Gasteiger partial charge in [-0.1, -0.05) is 140 Å². The molecule has 0 aliphatic carbocycles. The van der Waals surface area contributed by atoms with Gasteiger partial charge in [0, 0.05) is 47.6 Å². The van der Waals surface area contributed by atoms with E-state index in [9.17, 15) is 0 Å². The maximum Gasteiger partial charge on any atom is 0.238 e. The van der Waals surface area contributed by atoms with Crippen LogP contribution >= 0.6 is 22.7 Å². The lowest BCUT2D eigenvalue weighted by Crippen LogP contribution is -2.06. The van der Waals surface area contributed by atoms with E-state index in [1.807, 2.05) is 18.2 Å². The van der Waals surface area contributed by atoms with Gasteiger partial charge in [-0.05, 0) is 70.8 Å². The smallest absolute Gasteiger partial charge is 0.238 e. The fourth-order valence-corrected chi connectivity index (χ4v) is 10.7. The highest BCUT2D eigenvalue weighted by molar-refractivity contribution is 7.27. The van der Waals surface area contributed by atoms with Crippen LogP contribution in [0.2, 0.25) is 0 Å². The number of thiazole rings is 1. The summed E-state index contributed by atoms with van der Waals surface area (Å²) in [4.78, 5) is 21.0. The van der Waals surface area contributed by atoms with Gasteiger partial charge in [0.05, 0.1) is 21.3 Å². The molecule has 59 heavy (non-hydrogen) atoms. The van der Waals surface area contributed by atoms with E-state index in [2.05, 4.69) is 174 Å². The topological polar surface area (TPSA) is 56.5 Å². The van der Waals surface area contributed by atoms with E-state index >= 15 is 0 Å². The number of nitrogens with zero attached hydrogens (tertiary/aromatic N) is 5. The van der Waals surface area contributed by atoms with Crippen LogP contribution in [0.15, 0.2) is 188 Å². The average molecular weight is 790 g/mol. The molecule has 0 atom stereocenters. The summed E-state index contributed by atoms with van der Waals surface area (Å²) in [6.45, 7) is 0. The molecule has 5 nitrogen and oxygen atoms in total. The lowest BCUT2D eigenvalue weighted by atomic mass is 9.99. The Hall–Kier alpha value is -7.32. The zero-order valence-corrected chi connectivity index (χ0v) is 33.1. The van der Waals surface area contributed by atoms with Crippen molar-refractivity contribution in [2.24, 2.45) is 0 Å². The molecular weight excluding hydrogens is 759 g/mol. The van der Waals surface area contributed by atoms with E-state index in [1.54, 1.807) is 22.7 Å². The van der Waals surface area contributed by atoms with Gasteiger partial charge in [0.1, 0.15) is 5.01 Å². The number of benzene rings is 8. The minimum absolute atomic E-state index is 0.576. The van der Waals surface area contributed by atoms with Crippen LogP contribution in [0.25, 0.3) is 114 Å². The molecule has 0 saturated heterocycles. The summed E-state index contributed by atoms with van der Waals surface area (Å²) in [5, 5.41) is 5.66. The third-order valence-electron chi connectivity index (χ3n) is 11.1. The summed E-state index contributed by atoms with van der Waals surface area (Å²) in [5.74, 6) is 1.83. The minimum atomic E-state index is 0.576. The number of thiophene rings is 1. The van der Waals surface area contributed by atoms with Crippen LogP contribution in [0.5, 0.6) is 0 Å². The highest BCUT2D eigenvalue weighted by Crippen LogP contribution is 2.47. The number of hydrogen-bond acceptors (Lipinski definition) is 6. The number of rotatable bonds is 6. The first-order valence-corrected chi connectivity index (χ1v) is 21.2. The van der Waals surface area contributed by atoms with Crippen molar-refractivity contribution >= 4 is 74.9 Å². The SMILES string of the molecule is c1ccc(-c2cc(-c3nc4ccccc4s3)c3sc4c(-c5nc(-c6ccccc6)nc(-n6c7ccccc7c7cc(-c8ccccc8)ccc76)n5)cccc4c3c2)cc1. The van der Waals surface area contributed by atoms with E-state index in [-0.39, 0.29) is 0 Å². The molecule has 0 fully saturated rings. The third kappa shape index (κ3) is 5.66. The molecule has 0 amide bonds. The summed E-state index contributed by atoms with van der Waals surface area (Å²) in [5.41, 5.74) is 10.8. The molecule has 0 spiro atoms. The molecule has 0 N–H and O–H groups in total. The first-order valence-electron chi connectivity index (χ1n) is 19.5. The maximum atomic E-state index is 5.38. The molecule has 12 aromatic rings. The molecule has 12 rings (SSSR count). The molecule has 8 aromatic carbocycles. The van der Waals surface area contributed by atoms with Gasteiger partial charge in [0.2, 0.25) is 5.95 Å². The molecule has 0 radical (unpaired) electrons. The highest BCUT2D eigenvalue weighted by Gasteiger charge is 2.22. The first-order chi connectivity index (χ1) is 29.2. The van der Waals surface area contributed by atoms with E-state index in [0.29, 0.717) is 17.6 Å². The maximum absolute atomic E-state index is 5.38. The molecular formula is C52H31N5S2. The Morgan fingerprint density at radius 1 is 0.356 bits per heavy atom. The standard InChI is InChI=1S/C52H31N5S2/c1-4-15-32(16-5-1)35-27-28-45-40(29-35)37-21-10-12-25-44(37)57(45)52-55-49(34-19-8-3-9-20-34)54-50(56-52)39-23-14-22-38-41-30-36(33-17-6-2-7-18-33)31-42(48(41)59-47(38)39)51-53-43-24-11-13-26-46(43)58-51/h1-31H. The van der Waals surface area contributed by atoms with Gasteiger partial charge >= 0.3 is 0 Å². The summed E-state index contributed by atoms with van der Waals surface area (Å²) >= 11 is 3.53. The van der Waals surface area contributed by atoms with Crippen molar-refractivity contribution in [3.8, 4) is 61.5 Å². The summed E-state index contributed by atoms with van der Waals surface area (Å²) < 4.78 is 5.69. The summed E-state index contributed by atoms with van der Waals surface area (Å²) in [6, 6.07) is 66.1. The summed E-state index contributed by atoms with van der Waals surface area (Å²) in [7, 11) is 0. The summed E-state index contributed by atoms with van der Waals surface area (Å²) in [6.07, 6.45) is 0. The van der Waals surface area contributed by atoms with E-state index in [0.717, 1.165) is 64.7 Å². The number of para-hydroxylation sites is 2. The highest BCUT2D eigenvalue weighted by atomic mass is 32.1. The van der Waals surface area contributed by atoms with Crippen LogP contribution in [-0.2, 0) is 0 Å². The van der Waals surface area contributed by atoms with Crippen LogP contribution in [-0.4, -0.2) is 24.5 Å². The fraction of sp³-hybridized carbons (Fsp3) is 0. The van der Waals surface area contributed by atoms with Crippen molar-refractivity contribution in [1.82, 2.24) is 24.5 Å². The van der Waals surface area contributed by atoms with Crippen molar-refractivity contribution < 1.29 is 0 Å². The third-order valence-corrected chi connectivity index (χ3v) is 13.5. The number of fused-ring (bicyclic) bond motifs is 7. The Balaban J connectivity index is 1.11. The molecule has 4 aromatic heterocycles. The Morgan fingerprint density at radius 3 is 1.78 bits per heavy atom. The fourth-order valence-electron chi connectivity index (χ4n) is 8.32.